The van der Waals surface area contributed by atoms with Gasteiger partial charge in [0.05, 0.1) is 10.9 Å². The number of benzene rings is 3. The molecule has 0 amide bonds. The van der Waals surface area contributed by atoms with Gasteiger partial charge in [0.25, 0.3) is 0 Å². The molecule has 0 saturated carbocycles. The molecule has 0 radical (unpaired) electrons. The van der Waals surface area contributed by atoms with Crippen LogP contribution in [0.2, 0.25) is 0 Å². The number of rotatable bonds is 1. The third-order valence-electron chi connectivity index (χ3n) is 8.91. The van der Waals surface area contributed by atoms with Crippen LogP contribution in [-0.2, 0) is 17.9 Å². The van der Waals surface area contributed by atoms with Crippen molar-refractivity contribution < 1.29 is 8.98 Å². The van der Waals surface area contributed by atoms with Crippen LogP contribution in [0, 0.1) is 6.92 Å². The maximum atomic E-state index is 6.61. The van der Waals surface area contributed by atoms with E-state index in [9.17, 15) is 0 Å². The van der Waals surface area contributed by atoms with Crippen molar-refractivity contribution in [3.8, 4) is 11.3 Å². The predicted octanol–water partition coefficient (Wildman–Crippen LogP) is 8.44. The Hall–Kier alpha value is -3.72. The fourth-order valence-corrected chi connectivity index (χ4v) is 6.72. The summed E-state index contributed by atoms with van der Waals surface area (Å²) in [5.74, 6) is 0. The molecule has 3 aromatic heterocycles. The second-order valence-electron chi connectivity index (χ2n) is 12.3. The van der Waals surface area contributed by atoms with Crippen molar-refractivity contribution in [2.45, 2.75) is 58.3 Å². The minimum Gasteiger partial charge on any atom is -0.437 e. The molecule has 6 aromatic rings. The maximum absolute atomic E-state index is 6.61. The number of nitrogens with zero attached hydrogens (tertiary/aromatic N) is 2. The molecule has 184 valence electrons. The molecular formula is C34H33N2O+. The van der Waals surface area contributed by atoms with Crippen molar-refractivity contribution in [2.75, 3.05) is 0 Å². The summed E-state index contributed by atoms with van der Waals surface area (Å²) in [5, 5.41) is 7.22. The number of hydrogen-bond acceptors (Lipinski definition) is 2. The van der Waals surface area contributed by atoms with Crippen molar-refractivity contribution in [1.29, 1.82) is 0 Å². The van der Waals surface area contributed by atoms with Gasteiger partial charge in [0.1, 0.15) is 7.05 Å². The Morgan fingerprint density at radius 3 is 2.38 bits per heavy atom. The summed E-state index contributed by atoms with van der Waals surface area (Å²) in [4.78, 5) is 4.93. The Kier molecular flexibility index (Phi) is 4.50. The minimum atomic E-state index is 0.111. The zero-order chi connectivity index (χ0) is 25.7. The van der Waals surface area contributed by atoms with Crippen molar-refractivity contribution >= 4 is 43.6 Å². The highest BCUT2D eigenvalue weighted by Crippen LogP contribution is 2.50. The molecule has 0 unspecified atom stereocenters. The first kappa shape index (κ1) is 22.5. The Labute approximate surface area is 217 Å². The smallest absolute Gasteiger partial charge is 0.227 e. The van der Waals surface area contributed by atoms with Crippen molar-refractivity contribution in [2.24, 2.45) is 7.05 Å². The topological polar surface area (TPSA) is 29.9 Å². The second kappa shape index (κ2) is 7.41. The highest BCUT2D eigenvalue weighted by Gasteiger charge is 2.38. The normalized spacial score (nSPS) is 16.6. The molecule has 1 aliphatic carbocycles. The van der Waals surface area contributed by atoms with Gasteiger partial charge in [-0.15, -0.1) is 0 Å². The van der Waals surface area contributed by atoms with E-state index in [0.29, 0.717) is 5.71 Å². The molecule has 37 heavy (non-hydrogen) atoms. The van der Waals surface area contributed by atoms with Gasteiger partial charge in [0, 0.05) is 28.4 Å². The second-order valence-corrected chi connectivity index (χ2v) is 12.3. The average molecular weight is 486 g/mol. The van der Waals surface area contributed by atoms with Crippen LogP contribution in [0.1, 0.15) is 57.2 Å². The van der Waals surface area contributed by atoms with E-state index >= 15 is 0 Å². The Balaban J connectivity index is 1.58. The highest BCUT2D eigenvalue weighted by molar-refractivity contribution is 6.20. The van der Waals surface area contributed by atoms with E-state index in [0.717, 1.165) is 27.6 Å². The van der Waals surface area contributed by atoms with Crippen molar-refractivity contribution in [3.05, 3.63) is 83.7 Å². The monoisotopic (exact) mass is 485 g/mol. The van der Waals surface area contributed by atoms with Gasteiger partial charge in [0.2, 0.25) is 11.4 Å². The van der Waals surface area contributed by atoms with Gasteiger partial charge in [-0.05, 0) is 64.1 Å². The van der Waals surface area contributed by atoms with Crippen LogP contribution in [0.25, 0.3) is 54.9 Å². The molecule has 0 fully saturated rings. The van der Waals surface area contributed by atoms with Crippen LogP contribution in [0.15, 0.2) is 71.4 Å². The largest absolute Gasteiger partial charge is 0.437 e. The van der Waals surface area contributed by atoms with E-state index in [4.69, 9.17) is 9.40 Å². The molecule has 0 atom stereocenters. The van der Waals surface area contributed by atoms with E-state index in [2.05, 4.69) is 113 Å². The lowest BCUT2D eigenvalue weighted by molar-refractivity contribution is -0.659. The highest BCUT2D eigenvalue weighted by atomic mass is 16.3. The number of pyridine rings is 2. The van der Waals surface area contributed by atoms with Gasteiger partial charge in [-0.2, -0.15) is 0 Å². The SMILES string of the molecule is Cc1ccc2c(oc3ncc4c5c(ccc4c32)C(C)(C)CCC5(C)C)c1-c1cc2ccccc2c[n+]1C. The van der Waals surface area contributed by atoms with Gasteiger partial charge in [-0.25, -0.2) is 9.55 Å². The van der Waals surface area contributed by atoms with Crippen LogP contribution in [0.4, 0.5) is 0 Å². The molecule has 0 saturated heterocycles. The van der Waals surface area contributed by atoms with E-state index < -0.39 is 0 Å². The third kappa shape index (κ3) is 3.13. The summed E-state index contributed by atoms with van der Waals surface area (Å²) in [5.41, 5.74) is 8.30. The summed E-state index contributed by atoms with van der Waals surface area (Å²) >= 11 is 0. The van der Waals surface area contributed by atoms with Crippen LogP contribution in [0.5, 0.6) is 0 Å². The van der Waals surface area contributed by atoms with Crippen molar-refractivity contribution in [3.63, 3.8) is 0 Å². The lowest BCUT2D eigenvalue weighted by Crippen LogP contribution is -2.34. The summed E-state index contributed by atoms with van der Waals surface area (Å²) in [6.45, 7) is 11.7. The van der Waals surface area contributed by atoms with Gasteiger partial charge < -0.3 is 4.42 Å². The summed E-state index contributed by atoms with van der Waals surface area (Å²) in [6.07, 6.45) is 6.65. The van der Waals surface area contributed by atoms with Crippen LogP contribution in [0.3, 0.4) is 0 Å². The van der Waals surface area contributed by atoms with Crippen LogP contribution < -0.4 is 4.57 Å². The summed E-state index contributed by atoms with van der Waals surface area (Å²) in [6, 6.07) is 19.9. The van der Waals surface area contributed by atoms with E-state index in [1.807, 2.05) is 0 Å². The standard InChI is InChI=1S/C34H33N2O/c1-20-11-12-24-29-23-13-14-26-30(34(4,5)16-15-33(26,2)3)25(23)18-35-32(29)37-31(24)28(20)27-17-21-9-7-8-10-22(21)19-36(27)6/h7-14,17-19H,15-16H2,1-6H3/q+1. The van der Waals surface area contributed by atoms with Gasteiger partial charge in [-0.1, -0.05) is 70.2 Å². The zero-order valence-corrected chi connectivity index (χ0v) is 22.6. The molecule has 3 nitrogen and oxygen atoms in total. The Morgan fingerprint density at radius 1 is 0.838 bits per heavy atom. The summed E-state index contributed by atoms with van der Waals surface area (Å²) in [7, 11) is 2.12. The lowest BCUT2D eigenvalue weighted by atomic mass is 9.62. The zero-order valence-electron chi connectivity index (χ0n) is 22.6. The Bertz CT molecular complexity index is 1910. The molecule has 0 spiro atoms. The minimum absolute atomic E-state index is 0.111. The Morgan fingerprint density at radius 2 is 1.57 bits per heavy atom. The molecule has 3 aromatic carbocycles. The van der Waals surface area contributed by atoms with Gasteiger partial charge >= 0.3 is 0 Å². The number of furan rings is 1. The fraction of sp³-hybridized carbons (Fsp3) is 0.294. The predicted molar refractivity (Wildman–Crippen MR) is 153 cm³/mol. The molecule has 3 heterocycles. The lowest BCUT2D eigenvalue weighted by Gasteiger charge is -2.42. The molecule has 0 bridgehead atoms. The van der Waals surface area contributed by atoms with E-state index in [-0.39, 0.29) is 10.8 Å². The molecule has 3 heteroatoms. The molecule has 0 N–H and O–H groups in total. The number of fused-ring (bicyclic) bond motifs is 8. The molecular weight excluding hydrogens is 452 g/mol. The molecule has 7 rings (SSSR count). The first-order chi connectivity index (χ1) is 17.7. The number of aryl methyl sites for hydroxylation is 2. The maximum Gasteiger partial charge on any atom is 0.227 e. The molecule has 0 aliphatic heterocycles. The first-order valence-electron chi connectivity index (χ1n) is 13.3. The molecule has 1 aliphatic rings. The van der Waals surface area contributed by atoms with Crippen LogP contribution >= 0.6 is 0 Å². The number of aromatic nitrogens is 2. The van der Waals surface area contributed by atoms with Gasteiger partial charge in [0.15, 0.2) is 11.8 Å². The van der Waals surface area contributed by atoms with Gasteiger partial charge in [-0.3, -0.25) is 0 Å². The quantitative estimate of drug-likeness (QED) is 0.219. The summed E-state index contributed by atoms with van der Waals surface area (Å²) < 4.78 is 8.82. The average Bonchev–Trinajstić information content (AvgIpc) is 3.25. The number of hydrogen-bond donors (Lipinski definition) is 0. The fourth-order valence-electron chi connectivity index (χ4n) is 6.72. The van der Waals surface area contributed by atoms with E-state index in [1.165, 1.54) is 51.1 Å². The third-order valence-corrected chi connectivity index (χ3v) is 8.91. The first-order valence-corrected chi connectivity index (χ1v) is 13.3. The van der Waals surface area contributed by atoms with Crippen molar-refractivity contribution in [1.82, 2.24) is 4.98 Å². The van der Waals surface area contributed by atoms with E-state index in [1.54, 1.807) is 0 Å². The van der Waals surface area contributed by atoms with Crippen LogP contribution in [-0.4, -0.2) is 4.98 Å².